The molecule has 0 radical (unpaired) electrons. The number of hydrogen-bond donors (Lipinski definition) is 0. The van der Waals surface area contributed by atoms with Crippen molar-refractivity contribution in [2.45, 2.75) is 0 Å². The van der Waals surface area contributed by atoms with Crippen LogP contribution in [0, 0.1) is 6.57 Å². The summed E-state index contributed by atoms with van der Waals surface area (Å²) in [5.74, 6) is -0.680. The van der Waals surface area contributed by atoms with Crippen molar-refractivity contribution in [3.05, 3.63) is 162 Å². The molecule has 0 spiro atoms. The van der Waals surface area contributed by atoms with Crippen molar-refractivity contribution in [3.63, 3.8) is 0 Å². The van der Waals surface area contributed by atoms with E-state index in [1.165, 1.54) is 4.90 Å². The molecule has 6 aromatic carbocycles. The third-order valence-corrected chi connectivity index (χ3v) is 8.34. The van der Waals surface area contributed by atoms with Gasteiger partial charge in [-0.2, -0.15) is 0 Å². The van der Waals surface area contributed by atoms with Gasteiger partial charge in [-0.1, -0.05) is 97.1 Å². The van der Waals surface area contributed by atoms with E-state index in [9.17, 15) is 9.59 Å². The lowest BCUT2D eigenvalue weighted by Crippen LogP contribution is -2.30. The normalized spacial score (nSPS) is 12.6. The van der Waals surface area contributed by atoms with E-state index >= 15 is 0 Å². The monoisotopic (exact) mass is 565 g/mol. The topological polar surface area (TPSA) is 46.7 Å². The maximum atomic E-state index is 14.3. The third-order valence-electron chi connectivity index (χ3n) is 8.34. The summed E-state index contributed by atoms with van der Waals surface area (Å²) >= 11 is 0. The van der Waals surface area contributed by atoms with Crippen LogP contribution in [0.4, 0.5) is 11.4 Å². The maximum absolute atomic E-state index is 14.3. The number of carbonyl (C=O) groups excluding carboxylic acids is 2. The summed E-state index contributed by atoms with van der Waals surface area (Å²) in [6.07, 6.45) is 0. The van der Waals surface area contributed by atoms with Crippen LogP contribution in [0.25, 0.3) is 54.6 Å². The molecule has 0 fully saturated rings. The molecule has 8 rings (SSSR count). The van der Waals surface area contributed by atoms with Gasteiger partial charge in [-0.25, -0.2) is 9.74 Å². The van der Waals surface area contributed by atoms with Gasteiger partial charge in [0.15, 0.2) is 5.69 Å². The lowest BCUT2D eigenvalue weighted by molar-refractivity contribution is 0.0926. The summed E-state index contributed by atoms with van der Waals surface area (Å²) in [5, 5.41) is 2.05. The van der Waals surface area contributed by atoms with Gasteiger partial charge in [0.25, 0.3) is 11.8 Å². The average molecular weight is 566 g/mol. The fourth-order valence-corrected chi connectivity index (χ4v) is 6.37. The molecule has 7 aromatic rings. The number of para-hydroxylation sites is 2. The predicted molar refractivity (Wildman–Crippen MR) is 175 cm³/mol. The minimum Gasteiger partial charge on any atom is -0.308 e. The number of imide groups is 1. The van der Waals surface area contributed by atoms with Gasteiger partial charge in [0.05, 0.1) is 40.1 Å². The molecule has 2 heterocycles. The minimum absolute atomic E-state index is 0.335. The number of hydrogen-bond acceptors (Lipinski definition) is 2. The van der Waals surface area contributed by atoms with Crippen LogP contribution in [0.15, 0.2) is 140 Å². The second-order valence-electron chi connectivity index (χ2n) is 10.8. The van der Waals surface area contributed by atoms with E-state index < -0.39 is 0 Å². The summed E-state index contributed by atoms with van der Waals surface area (Å²) in [6, 6.07) is 44.7. The molecule has 0 saturated carbocycles. The Hall–Kier alpha value is -6.25. The third kappa shape index (κ3) is 3.79. The van der Waals surface area contributed by atoms with Gasteiger partial charge in [-0.15, -0.1) is 0 Å². The van der Waals surface area contributed by atoms with Gasteiger partial charge >= 0.3 is 0 Å². The van der Waals surface area contributed by atoms with Crippen molar-refractivity contribution in [1.29, 1.82) is 0 Å². The first-order valence-corrected chi connectivity index (χ1v) is 14.3. The fraction of sp³-hybridized carbons (Fsp3) is 0. The maximum Gasteiger partial charge on any atom is 0.268 e. The Kier molecular flexibility index (Phi) is 5.75. The van der Waals surface area contributed by atoms with Crippen molar-refractivity contribution in [2.24, 2.45) is 0 Å². The van der Waals surface area contributed by atoms with E-state index in [1.54, 1.807) is 12.1 Å². The molecular formula is C39H23N3O2. The zero-order valence-electron chi connectivity index (χ0n) is 23.4. The number of anilines is 1. The quantitative estimate of drug-likeness (QED) is 0.158. The van der Waals surface area contributed by atoms with E-state index in [4.69, 9.17) is 6.57 Å². The highest BCUT2D eigenvalue weighted by Gasteiger charge is 2.40. The van der Waals surface area contributed by atoms with Gasteiger partial charge in [0, 0.05) is 16.3 Å². The molecule has 1 aliphatic heterocycles. The van der Waals surface area contributed by atoms with E-state index in [0.717, 1.165) is 44.1 Å². The standard InChI is InChI=1S/C39H23N3O2/c1-40-28-14-9-13-26(23-28)27-21-22-35-32(24-27)30-16-6-8-19-34(30)41(35)36-20-10-17-31-37(36)39(44)42(38(31)43)33-18-7-5-15-29(33)25-11-3-2-4-12-25/h2-24H. The van der Waals surface area contributed by atoms with Crippen molar-refractivity contribution >= 4 is 45.0 Å². The molecule has 2 amide bonds. The predicted octanol–water partition coefficient (Wildman–Crippen LogP) is 9.47. The molecule has 0 bridgehead atoms. The first-order valence-electron chi connectivity index (χ1n) is 14.3. The zero-order chi connectivity index (χ0) is 29.8. The number of carbonyl (C=O) groups is 2. The molecular weight excluding hydrogens is 542 g/mol. The van der Waals surface area contributed by atoms with E-state index in [0.29, 0.717) is 28.2 Å². The molecule has 5 heteroatoms. The average Bonchev–Trinajstić information content (AvgIpc) is 3.55. The van der Waals surface area contributed by atoms with Crippen LogP contribution in [0.3, 0.4) is 0 Å². The second kappa shape index (κ2) is 9.94. The fourth-order valence-electron chi connectivity index (χ4n) is 6.37. The lowest BCUT2D eigenvalue weighted by atomic mass is 10.0. The van der Waals surface area contributed by atoms with Crippen LogP contribution >= 0.6 is 0 Å². The van der Waals surface area contributed by atoms with E-state index in [1.807, 2.05) is 109 Å². The van der Waals surface area contributed by atoms with Gasteiger partial charge in [0.2, 0.25) is 0 Å². The SMILES string of the molecule is [C-]#[N+]c1cccc(-c2ccc3c(c2)c2ccccc2n3-c2cccc3c2C(=O)N(c2ccccc2-c2ccccc2)C3=O)c1. The highest BCUT2D eigenvalue weighted by atomic mass is 16.2. The van der Waals surface area contributed by atoms with Gasteiger partial charge in [-0.3, -0.25) is 9.59 Å². The Balaban J connectivity index is 1.32. The summed E-state index contributed by atoms with van der Waals surface area (Å²) < 4.78 is 2.08. The number of rotatable bonds is 4. The van der Waals surface area contributed by atoms with Crippen LogP contribution in [-0.4, -0.2) is 16.4 Å². The molecule has 1 aliphatic rings. The molecule has 1 aromatic heterocycles. The first-order chi connectivity index (χ1) is 21.6. The minimum atomic E-state index is -0.345. The molecule has 206 valence electrons. The van der Waals surface area contributed by atoms with Crippen LogP contribution < -0.4 is 4.90 Å². The summed E-state index contributed by atoms with van der Waals surface area (Å²) in [7, 11) is 0. The lowest BCUT2D eigenvalue weighted by Gasteiger charge is -2.18. The van der Waals surface area contributed by atoms with E-state index in [2.05, 4.69) is 27.6 Å². The van der Waals surface area contributed by atoms with Crippen molar-refractivity contribution in [3.8, 4) is 27.9 Å². The van der Waals surface area contributed by atoms with Crippen molar-refractivity contribution < 1.29 is 9.59 Å². The van der Waals surface area contributed by atoms with Crippen molar-refractivity contribution in [2.75, 3.05) is 4.90 Å². The Morgan fingerprint density at radius 3 is 2.02 bits per heavy atom. The van der Waals surface area contributed by atoms with Crippen LogP contribution in [0.5, 0.6) is 0 Å². The smallest absolute Gasteiger partial charge is 0.268 e. The number of amides is 2. The molecule has 0 saturated heterocycles. The highest BCUT2D eigenvalue weighted by molar-refractivity contribution is 6.36. The van der Waals surface area contributed by atoms with E-state index in [-0.39, 0.29) is 11.8 Å². The molecule has 0 N–H and O–H groups in total. The zero-order valence-corrected chi connectivity index (χ0v) is 23.4. The Morgan fingerprint density at radius 1 is 0.500 bits per heavy atom. The number of aromatic nitrogens is 1. The van der Waals surface area contributed by atoms with Crippen LogP contribution in [0.1, 0.15) is 20.7 Å². The number of fused-ring (bicyclic) bond motifs is 4. The Labute approximate surface area is 253 Å². The van der Waals surface area contributed by atoms with Crippen molar-refractivity contribution in [1.82, 2.24) is 4.57 Å². The van der Waals surface area contributed by atoms with Crippen LogP contribution in [0.2, 0.25) is 0 Å². The molecule has 0 aliphatic carbocycles. The largest absolute Gasteiger partial charge is 0.308 e. The van der Waals surface area contributed by atoms with Crippen LogP contribution in [-0.2, 0) is 0 Å². The summed E-state index contributed by atoms with van der Waals surface area (Å²) in [5.41, 5.74) is 8.15. The molecule has 44 heavy (non-hydrogen) atoms. The van der Waals surface area contributed by atoms with Gasteiger partial charge in [0.1, 0.15) is 0 Å². The highest BCUT2D eigenvalue weighted by Crippen LogP contribution is 2.41. The summed E-state index contributed by atoms with van der Waals surface area (Å²) in [6.45, 7) is 7.42. The van der Waals surface area contributed by atoms with Gasteiger partial charge in [-0.05, 0) is 59.2 Å². The first kappa shape index (κ1) is 25.5. The summed E-state index contributed by atoms with van der Waals surface area (Å²) in [4.78, 5) is 33.2. The molecule has 5 nitrogen and oxygen atoms in total. The second-order valence-corrected chi connectivity index (χ2v) is 10.8. The molecule has 0 atom stereocenters. The molecule has 0 unspecified atom stereocenters. The van der Waals surface area contributed by atoms with Gasteiger partial charge < -0.3 is 4.57 Å². The Morgan fingerprint density at radius 2 is 1.16 bits per heavy atom. The number of nitrogens with zero attached hydrogens (tertiary/aromatic N) is 3. The Bertz CT molecular complexity index is 2340. The number of benzene rings is 6.